The van der Waals surface area contributed by atoms with Gasteiger partial charge in [0.25, 0.3) is 0 Å². The molecule has 0 radical (unpaired) electrons. The van der Waals surface area contributed by atoms with Gasteiger partial charge in [0.05, 0.1) is 11.3 Å². The molecule has 104 valence electrons. The summed E-state index contributed by atoms with van der Waals surface area (Å²) in [6, 6.07) is 5.09. The minimum absolute atomic E-state index is 0.282. The van der Waals surface area contributed by atoms with E-state index in [9.17, 15) is 4.79 Å². The lowest BCUT2D eigenvalue weighted by Gasteiger charge is -2.04. The number of hydrogen-bond donors (Lipinski definition) is 1. The van der Waals surface area contributed by atoms with Gasteiger partial charge in [-0.05, 0) is 31.0 Å². The molecule has 1 saturated carbocycles. The SMILES string of the molecule is O=C(O)c1ccc(Br)cc1SCc1noc(C2CC2)n1. The topological polar surface area (TPSA) is 76.2 Å². The van der Waals surface area contributed by atoms with Crippen LogP contribution in [0.2, 0.25) is 0 Å². The van der Waals surface area contributed by atoms with E-state index in [1.165, 1.54) is 11.8 Å². The van der Waals surface area contributed by atoms with E-state index in [4.69, 9.17) is 9.63 Å². The zero-order chi connectivity index (χ0) is 14.1. The van der Waals surface area contributed by atoms with E-state index >= 15 is 0 Å². The normalized spacial score (nSPS) is 14.4. The fourth-order valence-electron chi connectivity index (χ4n) is 1.76. The van der Waals surface area contributed by atoms with Gasteiger partial charge in [0.2, 0.25) is 5.89 Å². The highest BCUT2D eigenvalue weighted by Gasteiger charge is 2.29. The lowest BCUT2D eigenvalue weighted by molar-refractivity contribution is 0.0693. The van der Waals surface area contributed by atoms with Gasteiger partial charge < -0.3 is 9.63 Å². The summed E-state index contributed by atoms with van der Waals surface area (Å²) in [5.41, 5.74) is 0.282. The van der Waals surface area contributed by atoms with Crippen LogP contribution in [0.15, 0.2) is 32.1 Å². The van der Waals surface area contributed by atoms with Gasteiger partial charge in [0, 0.05) is 15.3 Å². The van der Waals surface area contributed by atoms with E-state index in [-0.39, 0.29) is 5.56 Å². The van der Waals surface area contributed by atoms with Crippen LogP contribution in [0.4, 0.5) is 0 Å². The summed E-state index contributed by atoms with van der Waals surface area (Å²) in [5, 5.41) is 13.1. The van der Waals surface area contributed by atoms with Gasteiger partial charge in [-0.15, -0.1) is 11.8 Å². The first-order valence-corrected chi connectivity index (χ1v) is 7.89. The molecule has 0 unspecified atom stereocenters. The lowest BCUT2D eigenvalue weighted by Crippen LogP contribution is -1.99. The van der Waals surface area contributed by atoms with E-state index in [0.29, 0.717) is 28.3 Å². The van der Waals surface area contributed by atoms with Crippen molar-refractivity contribution in [2.75, 3.05) is 0 Å². The Hall–Kier alpha value is -1.34. The molecule has 0 amide bonds. The van der Waals surface area contributed by atoms with Gasteiger partial charge in [0.1, 0.15) is 0 Å². The fraction of sp³-hybridized carbons (Fsp3) is 0.308. The van der Waals surface area contributed by atoms with Crippen LogP contribution in [0.1, 0.15) is 40.8 Å². The highest BCUT2D eigenvalue weighted by molar-refractivity contribution is 9.10. The van der Waals surface area contributed by atoms with Gasteiger partial charge in [0.15, 0.2) is 5.82 Å². The van der Waals surface area contributed by atoms with Crippen LogP contribution in [0, 0.1) is 0 Å². The van der Waals surface area contributed by atoms with Crippen molar-refractivity contribution in [3.05, 3.63) is 40.0 Å². The van der Waals surface area contributed by atoms with Gasteiger partial charge in [-0.1, -0.05) is 21.1 Å². The standard InChI is InChI=1S/C13H11BrN2O3S/c14-8-3-4-9(13(17)18)10(5-8)20-6-11-15-12(19-16-11)7-1-2-7/h3-5,7H,1-2,6H2,(H,17,18). The minimum atomic E-state index is -0.938. The number of carbonyl (C=O) groups is 1. The van der Waals surface area contributed by atoms with Crippen molar-refractivity contribution in [2.45, 2.75) is 29.4 Å². The van der Waals surface area contributed by atoms with Crippen molar-refractivity contribution in [1.82, 2.24) is 10.1 Å². The molecule has 1 fully saturated rings. The van der Waals surface area contributed by atoms with Crippen molar-refractivity contribution in [3.63, 3.8) is 0 Å². The van der Waals surface area contributed by atoms with Gasteiger partial charge in [-0.3, -0.25) is 0 Å². The Bertz CT molecular complexity index is 655. The summed E-state index contributed by atoms with van der Waals surface area (Å²) < 4.78 is 6.02. The van der Waals surface area contributed by atoms with E-state index < -0.39 is 5.97 Å². The minimum Gasteiger partial charge on any atom is -0.478 e. The molecule has 20 heavy (non-hydrogen) atoms. The van der Waals surface area contributed by atoms with Crippen LogP contribution in [0.5, 0.6) is 0 Å². The van der Waals surface area contributed by atoms with Gasteiger partial charge >= 0.3 is 5.97 Å². The Balaban J connectivity index is 1.73. The molecule has 0 saturated heterocycles. The third-order valence-electron chi connectivity index (χ3n) is 2.94. The molecule has 1 aliphatic carbocycles. The second kappa shape index (κ2) is 5.57. The van der Waals surface area contributed by atoms with Crippen LogP contribution in [0.3, 0.4) is 0 Å². The molecule has 0 aliphatic heterocycles. The van der Waals surface area contributed by atoms with Gasteiger partial charge in [-0.25, -0.2) is 4.79 Å². The average molecular weight is 355 g/mol. The first-order valence-electron chi connectivity index (χ1n) is 6.11. The maximum atomic E-state index is 11.2. The maximum Gasteiger partial charge on any atom is 0.336 e. The van der Waals surface area contributed by atoms with Crippen LogP contribution >= 0.6 is 27.7 Å². The number of halogens is 1. The summed E-state index contributed by atoms with van der Waals surface area (Å²) in [6.45, 7) is 0. The van der Waals surface area contributed by atoms with Crippen LogP contribution < -0.4 is 0 Å². The number of hydrogen-bond acceptors (Lipinski definition) is 5. The molecule has 0 spiro atoms. The number of benzene rings is 1. The Morgan fingerprint density at radius 1 is 1.50 bits per heavy atom. The molecule has 3 rings (SSSR count). The Labute approximate surface area is 127 Å². The molecule has 1 N–H and O–H groups in total. The third kappa shape index (κ3) is 3.04. The van der Waals surface area contributed by atoms with Crippen molar-refractivity contribution in [3.8, 4) is 0 Å². The second-order valence-electron chi connectivity index (χ2n) is 4.56. The largest absolute Gasteiger partial charge is 0.478 e. The lowest BCUT2D eigenvalue weighted by atomic mass is 10.2. The maximum absolute atomic E-state index is 11.2. The van der Waals surface area contributed by atoms with E-state index in [2.05, 4.69) is 26.1 Å². The van der Waals surface area contributed by atoms with E-state index in [1.54, 1.807) is 18.2 Å². The Morgan fingerprint density at radius 3 is 3.00 bits per heavy atom. The number of nitrogens with zero attached hydrogens (tertiary/aromatic N) is 2. The van der Waals surface area contributed by atoms with Crippen molar-refractivity contribution >= 4 is 33.7 Å². The summed E-state index contributed by atoms with van der Waals surface area (Å²) in [5.74, 6) is 1.29. The van der Waals surface area contributed by atoms with Crippen molar-refractivity contribution in [2.24, 2.45) is 0 Å². The smallest absolute Gasteiger partial charge is 0.336 e. The zero-order valence-electron chi connectivity index (χ0n) is 10.4. The molecular formula is C13H11BrN2O3S. The summed E-state index contributed by atoms with van der Waals surface area (Å²) in [7, 11) is 0. The first kappa shape index (κ1) is 13.6. The number of thioether (sulfide) groups is 1. The quantitative estimate of drug-likeness (QED) is 0.825. The summed E-state index contributed by atoms with van der Waals surface area (Å²) in [6.07, 6.45) is 2.23. The molecule has 1 heterocycles. The molecule has 1 aliphatic rings. The average Bonchev–Trinajstić information content (AvgIpc) is 3.15. The number of carboxylic acids is 1. The highest BCUT2D eigenvalue weighted by Crippen LogP contribution is 2.39. The third-order valence-corrected chi connectivity index (χ3v) is 4.49. The predicted octanol–water partition coefficient (Wildman–Crippen LogP) is 3.70. The Morgan fingerprint density at radius 2 is 2.30 bits per heavy atom. The first-order chi connectivity index (χ1) is 9.63. The number of rotatable bonds is 5. The molecular weight excluding hydrogens is 344 g/mol. The second-order valence-corrected chi connectivity index (χ2v) is 6.49. The molecule has 5 nitrogen and oxygen atoms in total. The van der Waals surface area contributed by atoms with Crippen LogP contribution in [0.25, 0.3) is 0 Å². The van der Waals surface area contributed by atoms with Crippen LogP contribution in [-0.2, 0) is 5.75 Å². The number of carboxylic acid groups (broad SMARTS) is 1. The summed E-state index contributed by atoms with van der Waals surface area (Å²) >= 11 is 4.74. The summed E-state index contributed by atoms with van der Waals surface area (Å²) in [4.78, 5) is 16.2. The molecule has 7 heteroatoms. The van der Waals surface area contributed by atoms with E-state index in [0.717, 1.165) is 17.3 Å². The molecule has 2 aromatic rings. The highest BCUT2D eigenvalue weighted by atomic mass is 79.9. The Kier molecular flexibility index (Phi) is 3.80. The van der Waals surface area contributed by atoms with Gasteiger partial charge in [-0.2, -0.15) is 4.98 Å². The fourth-order valence-corrected chi connectivity index (χ4v) is 3.19. The van der Waals surface area contributed by atoms with Crippen molar-refractivity contribution < 1.29 is 14.4 Å². The number of aromatic carboxylic acids is 1. The zero-order valence-corrected chi connectivity index (χ0v) is 12.8. The number of aromatic nitrogens is 2. The monoisotopic (exact) mass is 354 g/mol. The molecule has 0 bridgehead atoms. The molecule has 1 aromatic carbocycles. The van der Waals surface area contributed by atoms with Crippen molar-refractivity contribution in [1.29, 1.82) is 0 Å². The predicted molar refractivity (Wildman–Crippen MR) is 76.9 cm³/mol. The van der Waals surface area contributed by atoms with Crippen LogP contribution in [-0.4, -0.2) is 21.2 Å². The molecule has 1 aromatic heterocycles. The molecule has 0 atom stereocenters. The van der Waals surface area contributed by atoms with E-state index in [1.807, 2.05) is 0 Å².